The Hall–Kier alpha value is -2.26. The van der Waals surface area contributed by atoms with Crippen LogP contribution in [0.3, 0.4) is 0 Å². The van der Waals surface area contributed by atoms with Gasteiger partial charge in [0.05, 0.1) is 36.1 Å². The molecule has 1 fully saturated rings. The molecule has 9 heteroatoms. The van der Waals surface area contributed by atoms with Crippen LogP contribution >= 0.6 is 11.6 Å². The molecule has 8 nitrogen and oxygen atoms in total. The Morgan fingerprint density at radius 2 is 2.00 bits per heavy atom. The summed E-state index contributed by atoms with van der Waals surface area (Å²) in [6.07, 6.45) is 3.28. The van der Waals surface area contributed by atoms with Crippen molar-refractivity contribution in [3.63, 3.8) is 0 Å². The number of anilines is 2. The van der Waals surface area contributed by atoms with Gasteiger partial charge in [-0.15, -0.1) is 0 Å². The Morgan fingerprint density at radius 3 is 2.48 bits per heavy atom. The molecule has 0 saturated carbocycles. The maximum absolute atomic E-state index is 10.4. The first-order chi connectivity index (χ1) is 14.9. The lowest BCUT2D eigenvalue weighted by Gasteiger charge is -2.29. The molecule has 3 heterocycles. The van der Waals surface area contributed by atoms with E-state index in [1.54, 1.807) is 13.1 Å². The van der Waals surface area contributed by atoms with Crippen LogP contribution in [0.15, 0.2) is 30.5 Å². The fourth-order valence-corrected chi connectivity index (χ4v) is 2.68. The number of rotatable bonds is 6. The van der Waals surface area contributed by atoms with Gasteiger partial charge < -0.3 is 25.4 Å². The number of amides is 1. The molecule has 1 saturated heterocycles. The van der Waals surface area contributed by atoms with E-state index in [9.17, 15) is 4.79 Å². The van der Waals surface area contributed by atoms with E-state index in [0.717, 1.165) is 32.2 Å². The number of hydrogen-bond acceptors (Lipinski definition) is 7. The van der Waals surface area contributed by atoms with Crippen molar-refractivity contribution in [2.45, 2.75) is 32.8 Å². The molecule has 3 rings (SSSR count). The maximum atomic E-state index is 10.4. The monoisotopic (exact) mass is 451 g/mol. The molecule has 3 N–H and O–H groups in total. The lowest BCUT2D eigenvalue weighted by atomic mass is 10.1. The van der Waals surface area contributed by atoms with E-state index in [1.807, 2.05) is 39.1 Å². The lowest BCUT2D eigenvalue weighted by Crippen LogP contribution is -2.37. The van der Waals surface area contributed by atoms with E-state index < -0.39 is 0 Å². The van der Waals surface area contributed by atoms with E-state index in [0.29, 0.717) is 28.5 Å². The van der Waals surface area contributed by atoms with E-state index in [2.05, 4.69) is 32.8 Å². The number of pyridine rings is 2. The molecular weight excluding hydrogens is 418 g/mol. The van der Waals surface area contributed by atoms with Crippen molar-refractivity contribution in [3.05, 3.63) is 35.5 Å². The van der Waals surface area contributed by atoms with Gasteiger partial charge in [-0.1, -0.05) is 24.6 Å². The molecule has 172 valence electrons. The van der Waals surface area contributed by atoms with Crippen LogP contribution in [0.4, 0.5) is 11.6 Å². The maximum Gasteiger partial charge on any atom is 0.212 e. The van der Waals surface area contributed by atoms with Crippen LogP contribution in [-0.2, 0) is 14.3 Å². The van der Waals surface area contributed by atoms with Gasteiger partial charge in [-0.2, -0.15) is 0 Å². The average molecular weight is 452 g/mol. The molecule has 31 heavy (non-hydrogen) atoms. The number of nitrogens with one attached hydrogen (secondary N) is 3. The summed E-state index contributed by atoms with van der Waals surface area (Å²) < 4.78 is 10.5. The van der Waals surface area contributed by atoms with Gasteiger partial charge in [0.15, 0.2) is 0 Å². The zero-order valence-electron chi connectivity index (χ0n) is 19.0. The van der Waals surface area contributed by atoms with Crippen LogP contribution < -0.4 is 16.0 Å². The summed E-state index contributed by atoms with van der Waals surface area (Å²) in [5.74, 6) is 1.17. The van der Waals surface area contributed by atoms with Gasteiger partial charge in [-0.3, -0.25) is 4.79 Å². The van der Waals surface area contributed by atoms with Gasteiger partial charge in [0.25, 0.3) is 0 Å². The largest absolute Gasteiger partial charge is 0.376 e. The van der Waals surface area contributed by atoms with Crippen LogP contribution in [0.5, 0.6) is 0 Å². The first-order valence-electron chi connectivity index (χ1n) is 10.2. The van der Waals surface area contributed by atoms with Crippen molar-refractivity contribution >= 4 is 29.6 Å². The van der Waals surface area contributed by atoms with Crippen LogP contribution in [0.2, 0.25) is 5.02 Å². The minimum Gasteiger partial charge on any atom is -0.376 e. The van der Waals surface area contributed by atoms with Crippen molar-refractivity contribution in [2.24, 2.45) is 0 Å². The number of nitrogens with zero attached hydrogens (tertiary/aromatic N) is 2. The highest BCUT2D eigenvalue weighted by Gasteiger charge is 2.21. The Balaban J connectivity index is 0.000000304. The first kappa shape index (κ1) is 26.8. The third-order valence-electron chi connectivity index (χ3n) is 4.01. The second kappa shape index (κ2) is 14.7. The molecule has 2 aromatic rings. The molecule has 0 bridgehead atoms. The van der Waals surface area contributed by atoms with Crippen LogP contribution in [0.25, 0.3) is 11.3 Å². The summed E-state index contributed by atoms with van der Waals surface area (Å²) in [4.78, 5) is 18.8. The smallest absolute Gasteiger partial charge is 0.212 e. The standard InChI is InChI=1S/C12H11ClN4O.C6H12O2.C4H11N/c1-14-11-4-2-3-10(17-11)8-5-12(16-7-18)15-6-9(8)13;1-6(2)5-7-3-4-8-6;1-3-4-5-2/h2-7H,1H3,(H,14,17)(H,15,16,18);3-5H2,1-2H3;5H,3-4H2,1-2H3. The summed E-state index contributed by atoms with van der Waals surface area (Å²) in [7, 11) is 3.75. The normalized spacial score (nSPS) is 14.3. The Bertz CT molecular complexity index is 779. The molecule has 2 aromatic heterocycles. The zero-order valence-corrected chi connectivity index (χ0v) is 19.8. The molecular formula is C22H34ClN5O3. The average Bonchev–Trinajstić information content (AvgIpc) is 2.76. The fraction of sp³-hybridized carbons (Fsp3) is 0.500. The van der Waals surface area contributed by atoms with Crippen LogP contribution in [0.1, 0.15) is 27.2 Å². The van der Waals surface area contributed by atoms with E-state index in [1.165, 1.54) is 12.6 Å². The second-order valence-corrected chi connectivity index (χ2v) is 7.64. The van der Waals surface area contributed by atoms with Crippen molar-refractivity contribution < 1.29 is 14.3 Å². The summed E-state index contributed by atoms with van der Waals surface area (Å²) in [6, 6.07) is 7.24. The van der Waals surface area contributed by atoms with Crippen LogP contribution in [0, 0.1) is 0 Å². The topological polar surface area (TPSA) is 97.4 Å². The molecule has 1 aliphatic rings. The van der Waals surface area contributed by atoms with Gasteiger partial charge in [-0.25, -0.2) is 9.97 Å². The molecule has 0 atom stereocenters. The van der Waals surface area contributed by atoms with Crippen molar-refractivity contribution in [2.75, 3.05) is 51.1 Å². The Kier molecular flexibility index (Phi) is 12.7. The molecule has 1 amide bonds. The van der Waals surface area contributed by atoms with Gasteiger partial charge in [0.1, 0.15) is 11.6 Å². The predicted molar refractivity (Wildman–Crippen MR) is 127 cm³/mol. The van der Waals surface area contributed by atoms with Gasteiger partial charge in [0.2, 0.25) is 6.41 Å². The third-order valence-corrected chi connectivity index (χ3v) is 4.31. The minimum absolute atomic E-state index is 0.0434. The Labute approximate surface area is 190 Å². The molecule has 0 aromatic carbocycles. The fourth-order valence-electron chi connectivity index (χ4n) is 2.48. The number of ether oxygens (including phenoxy) is 2. The zero-order chi connectivity index (χ0) is 23.1. The summed E-state index contributed by atoms with van der Waals surface area (Å²) in [5, 5.41) is 8.93. The number of hydrogen-bond donors (Lipinski definition) is 3. The molecule has 0 spiro atoms. The summed E-state index contributed by atoms with van der Waals surface area (Å²) in [6.45, 7) is 9.58. The summed E-state index contributed by atoms with van der Waals surface area (Å²) in [5.41, 5.74) is 1.38. The lowest BCUT2D eigenvalue weighted by molar-refractivity contribution is -0.137. The molecule has 0 unspecified atom stereocenters. The second-order valence-electron chi connectivity index (χ2n) is 7.23. The highest BCUT2D eigenvalue weighted by molar-refractivity contribution is 6.33. The van der Waals surface area contributed by atoms with Crippen molar-refractivity contribution in [1.82, 2.24) is 15.3 Å². The number of halogens is 1. The summed E-state index contributed by atoms with van der Waals surface area (Å²) >= 11 is 6.09. The first-order valence-corrected chi connectivity index (χ1v) is 10.6. The van der Waals surface area contributed by atoms with Crippen LogP contribution in [-0.4, -0.2) is 62.4 Å². The molecule has 0 aliphatic carbocycles. The number of aromatic nitrogens is 2. The molecule has 1 aliphatic heterocycles. The highest BCUT2D eigenvalue weighted by atomic mass is 35.5. The Morgan fingerprint density at radius 1 is 1.23 bits per heavy atom. The minimum atomic E-state index is -0.0434. The van der Waals surface area contributed by atoms with E-state index in [4.69, 9.17) is 21.1 Å². The van der Waals surface area contributed by atoms with Crippen molar-refractivity contribution in [1.29, 1.82) is 0 Å². The molecule has 0 radical (unpaired) electrons. The highest BCUT2D eigenvalue weighted by Crippen LogP contribution is 2.28. The van der Waals surface area contributed by atoms with Crippen molar-refractivity contribution in [3.8, 4) is 11.3 Å². The van der Waals surface area contributed by atoms with Gasteiger partial charge in [0, 0.05) is 18.8 Å². The third kappa shape index (κ3) is 10.5. The van der Waals surface area contributed by atoms with E-state index >= 15 is 0 Å². The quantitative estimate of drug-likeness (QED) is 0.574. The van der Waals surface area contributed by atoms with Gasteiger partial charge in [-0.05, 0) is 52.1 Å². The van der Waals surface area contributed by atoms with Gasteiger partial charge >= 0.3 is 0 Å². The SMILES string of the molecule is CC1(C)COCCO1.CCCNC.CNc1cccc(-c2cc(NC=O)ncc2Cl)n1. The number of carbonyl (C=O) groups excluding carboxylic acids is 1. The predicted octanol–water partition coefficient (Wildman–Crippen LogP) is 3.83. The van der Waals surface area contributed by atoms with E-state index in [-0.39, 0.29) is 5.60 Å². The number of carbonyl (C=O) groups is 1.